The van der Waals surface area contributed by atoms with Crippen LogP contribution in [0.2, 0.25) is 0 Å². The lowest BCUT2D eigenvalue weighted by Gasteiger charge is -2.38. The topological polar surface area (TPSA) is 123 Å². The van der Waals surface area contributed by atoms with Crippen LogP contribution in [0.15, 0.2) is 35.1 Å². The number of non-ortho nitro benzene ring substituents is 1. The highest BCUT2D eigenvalue weighted by atomic mass is 16.6. The number of hydrogen-bond donors (Lipinski definition) is 1. The molecule has 0 unspecified atom stereocenters. The van der Waals surface area contributed by atoms with Gasteiger partial charge in [0, 0.05) is 48.0 Å². The molecular formula is C22H25N5O5. The summed E-state index contributed by atoms with van der Waals surface area (Å²) in [5.41, 5.74) is 2.76. The smallest absolute Gasteiger partial charge is 0.409 e. The van der Waals surface area contributed by atoms with Crippen LogP contribution in [0.4, 0.5) is 10.5 Å². The second kappa shape index (κ2) is 8.10. The standard InChI is InChI=1S/C22H25N5O5/c1-4-32-21(29)25-11-9-22(3,10-12-25)17-13-18(28)26-20(23-17)19(14(2)24-26)15-5-7-16(8-6-15)27(30)31/h5-8,13,24H,4,9-12H2,1-3H3. The number of benzene rings is 1. The first-order valence-electron chi connectivity index (χ1n) is 10.5. The minimum Gasteiger partial charge on any atom is -0.450 e. The number of aromatic amines is 1. The minimum atomic E-state index is -0.448. The molecule has 0 spiro atoms. The third kappa shape index (κ3) is 3.72. The third-order valence-electron chi connectivity index (χ3n) is 6.18. The molecule has 10 heteroatoms. The molecule has 1 aromatic carbocycles. The van der Waals surface area contributed by atoms with E-state index in [0.29, 0.717) is 43.9 Å². The molecule has 0 radical (unpaired) electrons. The van der Waals surface area contributed by atoms with Crippen molar-refractivity contribution in [1.82, 2.24) is 19.5 Å². The number of nitro groups is 1. The number of ether oxygens (including phenoxy) is 1. The molecule has 0 aliphatic carbocycles. The normalized spacial score (nSPS) is 15.7. The van der Waals surface area contributed by atoms with E-state index in [1.807, 2.05) is 6.92 Å². The predicted octanol–water partition coefficient (Wildman–Crippen LogP) is 3.42. The minimum absolute atomic E-state index is 0.00192. The van der Waals surface area contributed by atoms with E-state index in [1.165, 1.54) is 16.6 Å². The Hall–Kier alpha value is -3.69. The number of carbonyl (C=O) groups excluding carboxylic acids is 1. The fraction of sp³-hybridized carbons (Fsp3) is 0.409. The molecule has 1 aliphatic rings. The van der Waals surface area contributed by atoms with Crippen LogP contribution in [-0.4, -0.2) is 50.2 Å². The fourth-order valence-electron chi connectivity index (χ4n) is 4.21. The summed E-state index contributed by atoms with van der Waals surface area (Å²) >= 11 is 0. The zero-order valence-electron chi connectivity index (χ0n) is 18.3. The molecule has 1 saturated heterocycles. The average molecular weight is 439 g/mol. The largest absolute Gasteiger partial charge is 0.450 e. The molecule has 4 rings (SSSR count). The van der Waals surface area contributed by atoms with Crippen molar-refractivity contribution >= 4 is 17.4 Å². The van der Waals surface area contributed by atoms with Gasteiger partial charge in [-0.05, 0) is 44.4 Å². The van der Waals surface area contributed by atoms with Gasteiger partial charge in [-0.3, -0.25) is 20.0 Å². The SMILES string of the molecule is CCOC(=O)N1CCC(C)(c2cc(=O)n3[nH]c(C)c(-c4ccc([N+](=O)[O-])cc4)c3n2)CC1. The van der Waals surface area contributed by atoms with Crippen LogP contribution >= 0.6 is 0 Å². The number of aromatic nitrogens is 3. The Balaban J connectivity index is 1.72. The van der Waals surface area contributed by atoms with Crippen molar-refractivity contribution in [3.05, 3.63) is 62.2 Å². The van der Waals surface area contributed by atoms with E-state index in [9.17, 15) is 19.7 Å². The third-order valence-corrected chi connectivity index (χ3v) is 6.18. The number of nitro benzene ring substituents is 1. The van der Waals surface area contributed by atoms with Crippen LogP contribution in [0.1, 0.15) is 38.1 Å². The summed E-state index contributed by atoms with van der Waals surface area (Å²) < 4.78 is 6.49. The van der Waals surface area contributed by atoms with E-state index in [1.54, 1.807) is 30.0 Å². The lowest BCUT2D eigenvalue weighted by Crippen LogP contribution is -2.44. The zero-order valence-corrected chi connectivity index (χ0v) is 18.3. The van der Waals surface area contributed by atoms with Gasteiger partial charge in [0.1, 0.15) is 0 Å². The Bertz CT molecular complexity index is 1240. The van der Waals surface area contributed by atoms with E-state index in [4.69, 9.17) is 9.72 Å². The first-order valence-corrected chi connectivity index (χ1v) is 10.5. The maximum atomic E-state index is 12.9. The van der Waals surface area contributed by atoms with Gasteiger partial charge in [-0.15, -0.1) is 0 Å². The molecule has 3 aromatic rings. The van der Waals surface area contributed by atoms with Gasteiger partial charge < -0.3 is 9.64 Å². The Labute approximate surface area is 184 Å². The van der Waals surface area contributed by atoms with Crippen LogP contribution in [0.3, 0.4) is 0 Å². The van der Waals surface area contributed by atoms with E-state index < -0.39 is 4.92 Å². The van der Waals surface area contributed by atoms with Crippen molar-refractivity contribution in [2.75, 3.05) is 19.7 Å². The van der Waals surface area contributed by atoms with Crippen LogP contribution in [0.25, 0.3) is 16.8 Å². The van der Waals surface area contributed by atoms with Crippen molar-refractivity contribution in [3.8, 4) is 11.1 Å². The van der Waals surface area contributed by atoms with E-state index in [0.717, 1.165) is 16.8 Å². The fourth-order valence-corrected chi connectivity index (χ4v) is 4.21. The van der Waals surface area contributed by atoms with Gasteiger partial charge in [0.25, 0.3) is 11.2 Å². The highest BCUT2D eigenvalue weighted by molar-refractivity contribution is 5.80. The van der Waals surface area contributed by atoms with Crippen molar-refractivity contribution in [2.24, 2.45) is 0 Å². The molecule has 1 fully saturated rings. The van der Waals surface area contributed by atoms with Gasteiger partial charge in [-0.1, -0.05) is 6.92 Å². The lowest BCUT2D eigenvalue weighted by atomic mass is 9.77. The number of fused-ring (bicyclic) bond motifs is 1. The first-order chi connectivity index (χ1) is 15.2. The van der Waals surface area contributed by atoms with Gasteiger partial charge in [0.15, 0.2) is 5.65 Å². The summed E-state index contributed by atoms with van der Waals surface area (Å²) in [6.45, 7) is 7.05. The molecule has 0 bridgehead atoms. The van der Waals surface area contributed by atoms with Gasteiger partial charge in [0.05, 0.1) is 17.2 Å². The Kier molecular flexibility index (Phi) is 5.45. The number of carbonyl (C=O) groups is 1. The molecule has 1 aliphatic heterocycles. The van der Waals surface area contributed by atoms with Gasteiger partial charge in [-0.25, -0.2) is 14.3 Å². The van der Waals surface area contributed by atoms with Crippen LogP contribution in [0.5, 0.6) is 0 Å². The highest BCUT2D eigenvalue weighted by Crippen LogP contribution is 2.35. The maximum absolute atomic E-state index is 12.9. The Morgan fingerprint density at radius 2 is 1.94 bits per heavy atom. The average Bonchev–Trinajstić information content (AvgIpc) is 3.11. The number of hydrogen-bond acceptors (Lipinski definition) is 6. The van der Waals surface area contributed by atoms with Gasteiger partial charge in [-0.2, -0.15) is 0 Å². The number of nitrogens with zero attached hydrogens (tertiary/aromatic N) is 4. The van der Waals surface area contributed by atoms with Crippen LogP contribution in [-0.2, 0) is 10.2 Å². The molecule has 3 heterocycles. The van der Waals surface area contributed by atoms with Crippen LogP contribution < -0.4 is 5.56 Å². The quantitative estimate of drug-likeness (QED) is 0.491. The molecule has 1 N–H and O–H groups in total. The van der Waals surface area contributed by atoms with Crippen molar-refractivity contribution in [1.29, 1.82) is 0 Å². The van der Waals surface area contributed by atoms with Crippen LogP contribution in [0, 0.1) is 17.0 Å². The summed E-state index contributed by atoms with van der Waals surface area (Å²) in [5.74, 6) is 0. The number of amides is 1. The number of rotatable bonds is 4. The number of likely N-dealkylation sites (tertiary alicyclic amines) is 1. The number of aryl methyl sites for hydroxylation is 1. The summed E-state index contributed by atoms with van der Waals surface area (Å²) in [4.78, 5) is 42.0. The number of nitrogens with one attached hydrogen (secondary N) is 1. The Morgan fingerprint density at radius 1 is 1.28 bits per heavy atom. The zero-order chi connectivity index (χ0) is 23.0. The second-order valence-corrected chi connectivity index (χ2v) is 8.30. The monoisotopic (exact) mass is 439 g/mol. The molecule has 168 valence electrons. The molecule has 0 atom stereocenters. The molecule has 2 aromatic heterocycles. The highest BCUT2D eigenvalue weighted by Gasteiger charge is 2.36. The van der Waals surface area contributed by atoms with Crippen molar-refractivity contribution in [3.63, 3.8) is 0 Å². The van der Waals surface area contributed by atoms with E-state index >= 15 is 0 Å². The maximum Gasteiger partial charge on any atom is 0.409 e. The molecular weight excluding hydrogens is 414 g/mol. The Morgan fingerprint density at radius 3 is 2.53 bits per heavy atom. The van der Waals surface area contributed by atoms with Crippen molar-refractivity contribution in [2.45, 2.75) is 39.0 Å². The van der Waals surface area contributed by atoms with Crippen molar-refractivity contribution < 1.29 is 14.5 Å². The van der Waals surface area contributed by atoms with Gasteiger partial charge in [0.2, 0.25) is 0 Å². The lowest BCUT2D eigenvalue weighted by molar-refractivity contribution is -0.384. The molecule has 10 nitrogen and oxygen atoms in total. The predicted molar refractivity (Wildman–Crippen MR) is 118 cm³/mol. The first kappa shape index (κ1) is 21.5. The molecule has 0 saturated carbocycles. The second-order valence-electron chi connectivity index (χ2n) is 8.30. The molecule has 1 amide bonds. The summed E-state index contributed by atoms with van der Waals surface area (Å²) in [5, 5.41) is 14.0. The van der Waals surface area contributed by atoms with E-state index in [2.05, 4.69) is 12.0 Å². The van der Waals surface area contributed by atoms with E-state index in [-0.39, 0.29) is 22.8 Å². The number of H-pyrrole nitrogens is 1. The van der Waals surface area contributed by atoms with Gasteiger partial charge >= 0.3 is 6.09 Å². The number of piperidine rings is 1. The summed E-state index contributed by atoms with van der Waals surface area (Å²) in [7, 11) is 0. The molecule has 32 heavy (non-hydrogen) atoms. The summed E-state index contributed by atoms with van der Waals surface area (Å²) in [6.07, 6.45) is 0.995. The summed E-state index contributed by atoms with van der Waals surface area (Å²) in [6, 6.07) is 7.74.